The van der Waals surface area contributed by atoms with Crippen LogP contribution in [0.2, 0.25) is 0 Å². The first-order valence-corrected chi connectivity index (χ1v) is 25.4. The molecule has 3 heterocycles. The van der Waals surface area contributed by atoms with Crippen molar-refractivity contribution in [3.05, 3.63) is 253 Å². The van der Waals surface area contributed by atoms with Gasteiger partial charge in [-0.05, 0) is 163 Å². The number of hydrogen-bond donors (Lipinski definition) is 0. The summed E-state index contributed by atoms with van der Waals surface area (Å²) in [6.07, 6.45) is 0. The highest BCUT2D eigenvalue weighted by Crippen LogP contribution is 2.42. The summed E-state index contributed by atoms with van der Waals surface area (Å²) in [7, 11) is 0. The third-order valence-corrected chi connectivity index (χ3v) is 14.8. The maximum Gasteiger partial charge on any atom is 0.345 e. The molecule has 12 aromatic rings. The molecular formula is C65H50N4O2S. The molecule has 0 aliphatic carbocycles. The predicted molar refractivity (Wildman–Crippen MR) is 304 cm³/mol. The number of aromatic nitrogens is 1. The first-order valence-electron chi connectivity index (χ1n) is 24.5. The molecule has 0 saturated carbocycles. The van der Waals surface area contributed by atoms with E-state index in [9.17, 15) is 4.79 Å². The molecule has 72 heavy (non-hydrogen) atoms. The lowest BCUT2D eigenvalue weighted by atomic mass is 9.99. The first-order chi connectivity index (χ1) is 35.5. The van der Waals surface area contributed by atoms with Gasteiger partial charge < -0.3 is 23.7 Å². The Labute approximate surface area is 423 Å². The quantitative estimate of drug-likeness (QED) is 0.108. The lowest BCUT2D eigenvalue weighted by Crippen LogP contribution is -2.21. The third kappa shape index (κ3) is 8.29. The van der Waals surface area contributed by atoms with Gasteiger partial charge in [0.05, 0.1) is 16.6 Å². The van der Waals surface area contributed by atoms with E-state index in [2.05, 4.69) is 258 Å². The summed E-state index contributed by atoms with van der Waals surface area (Å²) in [5.74, 6) is 0. The van der Waals surface area contributed by atoms with Gasteiger partial charge in [-0.3, -0.25) is 0 Å². The number of para-hydroxylation sites is 4. The Morgan fingerprint density at radius 1 is 0.417 bits per heavy atom. The Morgan fingerprint density at radius 2 is 0.833 bits per heavy atom. The summed E-state index contributed by atoms with van der Waals surface area (Å²) >= 11 is 1.60. The fourth-order valence-corrected chi connectivity index (χ4v) is 11.1. The van der Waals surface area contributed by atoms with Gasteiger partial charge in [0.1, 0.15) is 10.6 Å². The fraction of sp³-hybridized carbons (Fsp3) is 0.0615. The molecular weight excluding hydrogens is 901 g/mol. The Hall–Kier alpha value is -8.91. The van der Waals surface area contributed by atoms with E-state index in [0.717, 1.165) is 112 Å². The molecule has 12 rings (SSSR count). The van der Waals surface area contributed by atoms with Crippen LogP contribution in [0, 0.1) is 0 Å². The van der Waals surface area contributed by atoms with Gasteiger partial charge in [-0.15, -0.1) is 11.3 Å². The lowest BCUT2D eigenvalue weighted by molar-refractivity contribution is 0.563. The minimum absolute atomic E-state index is 0.340. The van der Waals surface area contributed by atoms with Crippen LogP contribution in [-0.2, 0) is 0 Å². The molecule has 348 valence electrons. The molecule has 0 aliphatic heterocycles. The molecule has 0 fully saturated rings. The number of nitrogens with zero attached hydrogens (tertiary/aromatic N) is 4. The topological polar surface area (TPSA) is 44.9 Å². The molecule has 3 aromatic heterocycles. The van der Waals surface area contributed by atoms with Crippen molar-refractivity contribution in [3.8, 4) is 37.7 Å². The molecule has 0 amide bonds. The summed E-state index contributed by atoms with van der Waals surface area (Å²) in [6, 6.07) is 85.6. The van der Waals surface area contributed by atoms with Gasteiger partial charge in [-0.25, -0.2) is 4.79 Å². The van der Waals surface area contributed by atoms with Crippen LogP contribution in [0.4, 0.5) is 39.8 Å². The normalized spacial score (nSPS) is 11.4. The van der Waals surface area contributed by atoms with Crippen molar-refractivity contribution in [3.63, 3.8) is 0 Å². The van der Waals surface area contributed by atoms with Crippen LogP contribution in [0.5, 0.6) is 0 Å². The standard InChI is InChI=1S/C65H50N4O2S/c1-3-66(4-2)56-36-29-49-43-59(65(70)71-62(49)44-56)63-39-40-64(72-63)69-60-37-30-47(45-25-32-54(33-26-45)67(50-17-9-5-10-18-50)51-19-11-6-12-20-51)41-57(60)58-42-48(31-38-61(58)69)46-27-34-55(35-28-46)68(52-21-13-7-14-22-52)53-23-15-8-16-24-53/h5-44H,3-4H2,1-2H3. The Morgan fingerprint density at radius 3 is 1.28 bits per heavy atom. The summed E-state index contributed by atoms with van der Waals surface area (Å²) in [4.78, 5) is 21.4. The molecule has 7 heteroatoms. The number of anilines is 7. The van der Waals surface area contributed by atoms with Crippen LogP contribution in [0.3, 0.4) is 0 Å². The summed E-state index contributed by atoms with van der Waals surface area (Å²) in [5, 5.41) is 4.20. The van der Waals surface area contributed by atoms with E-state index in [-0.39, 0.29) is 5.63 Å². The maximum absolute atomic E-state index is 13.7. The summed E-state index contributed by atoms with van der Waals surface area (Å²) in [6.45, 7) is 6.01. The molecule has 0 unspecified atom stereocenters. The van der Waals surface area contributed by atoms with Gasteiger partial charge in [0.15, 0.2) is 0 Å². The number of fused-ring (bicyclic) bond motifs is 4. The van der Waals surface area contributed by atoms with Crippen molar-refractivity contribution < 1.29 is 4.42 Å². The van der Waals surface area contributed by atoms with Crippen molar-refractivity contribution in [2.24, 2.45) is 0 Å². The fourth-order valence-electron chi connectivity index (χ4n) is 10.1. The van der Waals surface area contributed by atoms with E-state index in [1.807, 2.05) is 18.2 Å². The van der Waals surface area contributed by atoms with Crippen LogP contribution >= 0.6 is 11.3 Å². The smallest absolute Gasteiger partial charge is 0.345 e. The van der Waals surface area contributed by atoms with Gasteiger partial charge in [0, 0.05) is 80.0 Å². The largest absolute Gasteiger partial charge is 0.422 e. The zero-order valence-electron chi connectivity index (χ0n) is 40.0. The molecule has 0 radical (unpaired) electrons. The molecule has 9 aromatic carbocycles. The summed E-state index contributed by atoms with van der Waals surface area (Å²) in [5.41, 5.74) is 15.1. The van der Waals surface area contributed by atoms with Crippen molar-refractivity contribution in [2.75, 3.05) is 27.8 Å². The minimum atomic E-state index is -0.340. The molecule has 0 atom stereocenters. The second kappa shape index (κ2) is 19.1. The zero-order chi connectivity index (χ0) is 48.5. The second-order valence-electron chi connectivity index (χ2n) is 17.9. The number of benzene rings is 9. The average molecular weight is 951 g/mol. The van der Waals surface area contributed by atoms with Crippen molar-refractivity contribution in [1.29, 1.82) is 0 Å². The van der Waals surface area contributed by atoms with Gasteiger partial charge in [-0.1, -0.05) is 109 Å². The van der Waals surface area contributed by atoms with Gasteiger partial charge >= 0.3 is 5.63 Å². The minimum Gasteiger partial charge on any atom is -0.422 e. The number of hydrogen-bond acceptors (Lipinski definition) is 6. The lowest BCUT2D eigenvalue weighted by Gasteiger charge is -2.25. The first kappa shape index (κ1) is 44.3. The van der Waals surface area contributed by atoms with E-state index in [0.29, 0.717) is 11.1 Å². The maximum atomic E-state index is 13.7. The Balaban J connectivity index is 0.955. The third-order valence-electron chi connectivity index (χ3n) is 13.7. The highest BCUT2D eigenvalue weighted by molar-refractivity contribution is 7.18. The monoisotopic (exact) mass is 950 g/mol. The molecule has 6 nitrogen and oxygen atoms in total. The zero-order valence-corrected chi connectivity index (χ0v) is 40.8. The van der Waals surface area contributed by atoms with Crippen LogP contribution < -0.4 is 20.3 Å². The highest BCUT2D eigenvalue weighted by Gasteiger charge is 2.20. The van der Waals surface area contributed by atoms with E-state index >= 15 is 0 Å². The van der Waals surface area contributed by atoms with Crippen LogP contribution in [0.25, 0.3) is 70.5 Å². The summed E-state index contributed by atoms with van der Waals surface area (Å²) < 4.78 is 8.36. The second-order valence-corrected chi connectivity index (χ2v) is 18.9. The van der Waals surface area contributed by atoms with Gasteiger partial charge in [0.2, 0.25) is 0 Å². The van der Waals surface area contributed by atoms with E-state index in [1.165, 1.54) is 0 Å². The van der Waals surface area contributed by atoms with Crippen molar-refractivity contribution in [1.82, 2.24) is 4.57 Å². The van der Waals surface area contributed by atoms with Crippen LogP contribution in [0.15, 0.2) is 252 Å². The average Bonchev–Trinajstić information content (AvgIpc) is 4.05. The SMILES string of the molecule is CCN(CC)c1ccc2cc(-c3ccc(-n4c5ccc(-c6ccc(N(c7ccccc7)c7ccccc7)cc6)cc5c5cc(-c6ccc(N(c7ccccc7)c7ccccc7)cc6)ccc54)s3)c(=O)oc2c1. The molecule has 0 aliphatic rings. The predicted octanol–water partition coefficient (Wildman–Crippen LogP) is 17.7. The number of rotatable bonds is 13. The van der Waals surface area contributed by atoms with Crippen LogP contribution in [0.1, 0.15) is 13.8 Å². The number of thiophene rings is 1. The van der Waals surface area contributed by atoms with E-state index in [4.69, 9.17) is 4.42 Å². The van der Waals surface area contributed by atoms with Crippen molar-refractivity contribution in [2.45, 2.75) is 13.8 Å². The van der Waals surface area contributed by atoms with Gasteiger partial charge in [0.25, 0.3) is 0 Å². The molecule has 0 saturated heterocycles. The van der Waals surface area contributed by atoms with Crippen LogP contribution in [-0.4, -0.2) is 17.7 Å². The molecule has 0 bridgehead atoms. The molecule has 0 N–H and O–H groups in total. The Bertz CT molecular complexity index is 3640. The highest BCUT2D eigenvalue weighted by atomic mass is 32.1. The molecule has 0 spiro atoms. The van der Waals surface area contributed by atoms with Gasteiger partial charge in [-0.2, -0.15) is 0 Å². The Kier molecular flexibility index (Phi) is 11.8. The van der Waals surface area contributed by atoms with Crippen molar-refractivity contribution >= 4 is 83.9 Å². The van der Waals surface area contributed by atoms with E-state index < -0.39 is 0 Å². The van der Waals surface area contributed by atoms with E-state index in [1.54, 1.807) is 11.3 Å².